The number of carbonyl (C=O) groups is 1. The number of aromatic nitrogens is 2. The van der Waals surface area contributed by atoms with Crippen molar-refractivity contribution in [2.45, 2.75) is 25.9 Å². The van der Waals surface area contributed by atoms with Crippen LogP contribution < -0.4 is 10.9 Å². The summed E-state index contributed by atoms with van der Waals surface area (Å²) in [5.74, 6) is -2.91. The number of benzene rings is 2. The van der Waals surface area contributed by atoms with E-state index in [2.05, 4.69) is 15.3 Å². The number of halogens is 3. The van der Waals surface area contributed by atoms with E-state index in [-0.39, 0.29) is 28.2 Å². The largest absolute Gasteiger partial charge is 0.350 e. The van der Waals surface area contributed by atoms with Gasteiger partial charge >= 0.3 is 0 Å². The van der Waals surface area contributed by atoms with Crippen LogP contribution in [-0.2, 0) is 13.0 Å². The Morgan fingerprint density at radius 1 is 1.03 bits per heavy atom. The summed E-state index contributed by atoms with van der Waals surface area (Å²) in [6.45, 7) is 2.58. The van der Waals surface area contributed by atoms with E-state index in [1.165, 1.54) is 17.0 Å². The third-order valence-corrected chi connectivity index (χ3v) is 6.35. The lowest BCUT2D eigenvalue weighted by Gasteiger charge is -2.34. The van der Waals surface area contributed by atoms with Gasteiger partial charge in [-0.25, -0.2) is 13.2 Å². The van der Waals surface area contributed by atoms with Crippen LogP contribution in [0.4, 0.5) is 13.2 Å². The first kappa shape index (κ1) is 21.3. The van der Waals surface area contributed by atoms with Crippen molar-refractivity contribution in [3.63, 3.8) is 0 Å². The Labute approximate surface area is 186 Å². The van der Waals surface area contributed by atoms with Gasteiger partial charge in [-0.15, -0.1) is 0 Å². The molecule has 33 heavy (non-hydrogen) atoms. The Bertz CT molecular complexity index is 1490. The van der Waals surface area contributed by atoms with E-state index in [9.17, 15) is 22.8 Å². The van der Waals surface area contributed by atoms with Gasteiger partial charge in [0.15, 0.2) is 11.6 Å². The number of hydrogen-bond donors (Lipinski definition) is 3. The van der Waals surface area contributed by atoms with Crippen molar-refractivity contribution in [1.29, 1.82) is 0 Å². The highest BCUT2D eigenvalue weighted by Crippen LogP contribution is 2.33. The third kappa shape index (κ3) is 3.39. The molecule has 5 rings (SSSR count). The first-order chi connectivity index (χ1) is 15.8. The molecule has 4 aromatic rings. The summed E-state index contributed by atoms with van der Waals surface area (Å²) in [6.07, 6.45) is 0.608. The van der Waals surface area contributed by atoms with E-state index in [1.54, 1.807) is 13.1 Å². The molecule has 0 spiro atoms. The second-order valence-electron chi connectivity index (χ2n) is 8.28. The molecular weight excluding hydrogens is 433 g/mol. The van der Waals surface area contributed by atoms with Crippen LogP contribution in [-0.4, -0.2) is 34.4 Å². The fraction of sp³-hybridized carbons (Fsp3) is 0.250. The highest BCUT2D eigenvalue weighted by atomic mass is 19.2. The maximum atomic E-state index is 14.1. The van der Waals surface area contributed by atoms with Crippen molar-refractivity contribution in [2.75, 3.05) is 13.6 Å². The number of nitrogens with one attached hydrogen (secondary N) is 3. The van der Waals surface area contributed by atoms with Gasteiger partial charge in [0.2, 0.25) is 0 Å². The number of H-pyrrole nitrogens is 2. The minimum absolute atomic E-state index is 0.0223. The smallest absolute Gasteiger partial charge is 0.270 e. The standard InChI is InChI=1S/C24H21F3N4O2/c1-3-11-4-12(25)5-18-13(11)8-19(29-18)24(33)31(2)21-10-28-9-20-22(21)14-6-16(26)17(27)7-15(14)23(32)30-20/h4-8,21,28-29H,3,9-10H2,1-2H3,(H,30,32). The van der Waals surface area contributed by atoms with Gasteiger partial charge in [0.25, 0.3) is 11.5 Å². The minimum Gasteiger partial charge on any atom is -0.350 e. The summed E-state index contributed by atoms with van der Waals surface area (Å²) in [5, 5.41) is 4.22. The van der Waals surface area contributed by atoms with Crippen LogP contribution in [0.25, 0.3) is 21.7 Å². The molecule has 6 nitrogen and oxygen atoms in total. The maximum absolute atomic E-state index is 14.1. The van der Waals surface area contributed by atoms with E-state index >= 15 is 0 Å². The molecule has 9 heteroatoms. The molecule has 3 heterocycles. The van der Waals surface area contributed by atoms with Crippen LogP contribution in [0.1, 0.15) is 40.3 Å². The highest BCUT2D eigenvalue weighted by Gasteiger charge is 2.31. The molecule has 1 unspecified atom stereocenters. The molecule has 1 atom stereocenters. The van der Waals surface area contributed by atoms with Gasteiger partial charge < -0.3 is 20.2 Å². The van der Waals surface area contributed by atoms with E-state index in [1.807, 2.05) is 6.92 Å². The molecule has 2 aromatic heterocycles. The van der Waals surface area contributed by atoms with Crippen LogP contribution in [0.2, 0.25) is 0 Å². The van der Waals surface area contributed by atoms with Crippen molar-refractivity contribution >= 4 is 27.6 Å². The molecule has 0 saturated carbocycles. The lowest BCUT2D eigenvalue weighted by atomic mass is 9.93. The van der Waals surface area contributed by atoms with Crippen LogP contribution in [0, 0.1) is 17.5 Å². The van der Waals surface area contributed by atoms with Gasteiger partial charge in [0.05, 0.1) is 11.4 Å². The molecule has 0 fully saturated rings. The van der Waals surface area contributed by atoms with Gasteiger partial charge in [0, 0.05) is 42.3 Å². The first-order valence-electron chi connectivity index (χ1n) is 10.6. The van der Waals surface area contributed by atoms with Crippen molar-refractivity contribution in [2.24, 2.45) is 0 Å². The van der Waals surface area contributed by atoms with E-state index in [4.69, 9.17) is 0 Å². The Hall–Kier alpha value is -3.59. The zero-order valence-corrected chi connectivity index (χ0v) is 18.0. The number of carbonyl (C=O) groups excluding carboxylic acids is 1. The van der Waals surface area contributed by atoms with Crippen LogP contribution >= 0.6 is 0 Å². The Morgan fingerprint density at radius 2 is 1.76 bits per heavy atom. The molecule has 1 amide bonds. The lowest BCUT2D eigenvalue weighted by molar-refractivity contribution is 0.0718. The molecule has 0 saturated heterocycles. The number of aryl methyl sites for hydroxylation is 1. The molecular formula is C24H21F3N4O2. The molecule has 1 aliphatic heterocycles. The number of hydrogen-bond acceptors (Lipinski definition) is 3. The van der Waals surface area contributed by atoms with Crippen molar-refractivity contribution in [3.05, 3.63) is 80.7 Å². The quantitative estimate of drug-likeness (QED) is 0.439. The summed E-state index contributed by atoms with van der Waals surface area (Å²) >= 11 is 0. The Balaban J connectivity index is 1.61. The Kier molecular flexibility index (Phi) is 5.01. The summed E-state index contributed by atoms with van der Waals surface area (Å²) in [5.41, 5.74) is 2.15. The number of nitrogens with zero attached hydrogens (tertiary/aromatic N) is 1. The average Bonchev–Trinajstić information content (AvgIpc) is 3.22. The molecule has 170 valence electrons. The number of pyridine rings is 1. The summed E-state index contributed by atoms with van der Waals surface area (Å²) in [4.78, 5) is 33.1. The zero-order valence-electron chi connectivity index (χ0n) is 18.0. The normalized spacial score (nSPS) is 15.7. The van der Waals surface area contributed by atoms with Crippen molar-refractivity contribution in [1.82, 2.24) is 20.2 Å². The van der Waals surface area contributed by atoms with E-state index < -0.39 is 23.2 Å². The Morgan fingerprint density at radius 3 is 2.48 bits per heavy atom. The predicted octanol–water partition coefficient (Wildman–Crippen LogP) is 3.91. The fourth-order valence-corrected chi connectivity index (χ4v) is 4.69. The number of rotatable bonds is 3. The number of aromatic amines is 2. The number of fused-ring (bicyclic) bond motifs is 4. The first-order valence-corrected chi connectivity index (χ1v) is 10.6. The summed E-state index contributed by atoms with van der Waals surface area (Å²) < 4.78 is 41.9. The van der Waals surface area contributed by atoms with Gasteiger partial charge in [-0.1, -0.05) is 6.92 Å². The van der Waals surface area contributed by atoms with Crippen molar-refractivity contribution in [3.8, 4) is 0 Å². The second kappa shape index (κ2) is 7.77. The molecule has 0 aliphatic carbocycles. The van der Waals surface area contributed by atoms with Gasteiger partial charge in [-0.2, -0.15) is 0 Å². The summed E-state index contributed by atoms with van der Waals surface area (Å²) in [6, 6.07) is 5.82. The molecule has 2 aromatic carbocycles. The third-order valence-electron chi connectivity index (χ3n) is 6.35. The average molecular weight is 454 g/mol. The molecule has 3 N–H and O–H groups in total. The summed E-state index contributed by atoms with van der Waals surface area (Å²) in [7, 11) is 1.60. The van der Waals surface area contributed by atoms with Gasteiger partial charge in [0.1, 0.15) is 11.5 Å². The molecule has 1 aliphatic rings. The zero-order chi connectivity index (χ0) is 23.4. The van der Waals surface area contributed by atoms with Gasteiger partial charge in [-0.3, -0.25) is 9.59 Å². The lowest BCUT2D eigenvalue weighted by Crippen LogP contribution is -2.42. The maximum Gasteiger partial charge on any atom is 0.270 e. The van der Waals surface area contributed by atoms with E-state index in [0.717, 1.165) is 23.1 Å². The number of amides is 1. The minimum atomic E-state index is -1.11. The van der Waals surface area contributed by atoms with Crippen molar-refractivity contribution < 1.29 is 18.0 Å². The topological polar surface area (TPSA) is 81.0 Å². The van der Waals surface area contributed by atoms with Gasteiger partial charge in [-0.05, 0) is 47.7 Å². The van der Waals surface area contributed by atoms with E-state index in [0.29, 0.717) is 36.3 Å². The second-order valence-corrected chi connectivity index (χ2v) is 8.28. The van der Waals surface area contributed by atoms with Crippen LogP contribution in [0.3, 0.4) is 0 Å². The molecule has 0 radical (unpaired) electrons. The SMILES string of the molecule is CCc1cc(F)cc2[nH]c(C(=O)N(C)C3CNCc4[nH]c(=O)c5cc(F)c(F)cc5c43)cc12. The highest BCUT2D eigenvalue weighted by molar-refractivity contribution is 5.99. The fourth-order valence-electron chi connectivity index (χ4n) is 4.69. The van der Waals surface area contributed by atoms with Crippen LogP contribution in [0.15, 0.2) is 35.1 Å². The predicted molar refractivity (Wildman–Crippen MR) is 119 cm³/mol. The van der Waals surface area contributed by atoms with Crippen LogP contribution in [0.5, 0.6) is 0 Å². The monoisotopic (exact) mass is 454 g/mol. The molecule has 0 bridgehead atoms. The number of likely N-dealkylation sites (N-methyl/N-ethyl adjacent to an activating group) is 1.